The van der Waals surface area contributed by atoms with Crippen molar-refractivity contribution in [2.24, 2.45) is 0 Å². The van der Waals surface area contributed by atoms with E-state index in [9.17, 15) is 0 Å². The Morgan fingerprint density at radius 2 is 1.73 bits per heavy atom. The Kier molecular flexibility index (Phi) is 4.03. The fourth-order valence-corrected chi connectivity index (χ4v) is 3.19. The lowest BCUT2D eigenvalue weighted by atomic mass is 10.0. The average molecular weight is 345 g/mol. The number of pyridine rings is 1. The van der Waals surface area contributed by atoms with Crippen LogP contribution in [0.15, 0.2) is 59.0 Å². The summed E-state index contributed by atoms with van der Waals surface area (Å²) in [5.74, 6) is 3.08. The van der Waals surface area contributed by atoms with E-state index in [4.69, 9.17) is 9.40 Å². The smallest absolute Gasteiger partial charge is 0.156 e. The summed E-state index contributed by atoms with van der Waals surface area (Å²) >= 11 is 0. The Hall–Kier alpha value is -3.01. The van der Waals surface area contributed by atoms with Gasteiger partial charge in [-0.15, -0.1) is 0 Å². The maximum Gasteiger partial charge on any atom is 0.156 e. The number of rotatable bonds is 4. The highest BCUT2D eigenvalue weighted by atomic mass is 16.3. The lowest BCUT2D eigenvalue weighted by Gasteiger charge is -2.11. The van der Waals surface area contributed by atoms with Gasteiger partial charge in [-0.25, -0.2) is 4.98 Å². The van der Waals surface area contributed by atoms with Gasteiger partial charge in [-0.2, -0.15) is 0 Å². The number of fused-ring (bicyclic) bond motifs is 1. The van der Waals surface area contributed by atoms with Crippen LogP contribution in [0.25, 0.3) is 17.1 Å². The molecule has 1 N–H and O–H groups in total. The first-order chi connectivity index (χ1) is 12.5. The first-order valence-corrected chi connectivity index (χ1v) is 8.95. The molecule has 0 fully saturated rings. The zero-order valence-electron chi connectivity index (χ0n) is 15.6. The van der Waals surface area contributed by atoms with E-state index >= 15 is 0 Å². The number of hydrogen-bond acceptors (Lipinski definition) is 3. The fraction of sp³-hybridized carbons (Fsp3) is 0.227. The lowest BCUT2D eigenvalue weighted by Crippen LogP contribution is -1.99. The van der Waals surface area contributed by atoms with E-state index < -0.39 is 0 Å². The molecular formula is C22H23N3O. The van der Waals surface area contributed by atoms with Crippen molar-refractivity contribution in [3.8, 4) is 11.5 Å². The van der Waals surface area contributed by atoms with Crippen molar-refractivity contribution in [2.45, 2.75) is 33.6 Å². The zero-order valence-corrected chi connectivity index (χ0v) is 15.6. The van der Waals surface area contributed by atoms with Crippen LogP contribution in [0.4, 0.5) is 11.5 Å². The molecule has 0 aliphatic heterocycles. The average Bonchev–Trinajstić information content (AvgIpc) is 3.20. The van der Waals surface area contributed by atoms with Crippen LogP contribution < -0.4 is 5.32 Å². The third kappa shape index (κ3) is 2.88. The van der Waals surface area contributed by atoms with Crippen molar-refractivity contribution in [3.05, 3.63) is 71.6 Å². The Balaban J connectivity index is 1.84. The largest absolute Gasteiger partial charge is 0.460 e. The van der Waals surface area contributed by atoms with Crippen LogP contribution in [0.5, 0.6) is 0 Å². The summed E-state index contributed by atoms with van der Waals surface area (Å²) < 4.78 is 7.98. The fourth-order valence-electron chi connectivity index (χ4n) is 3.19. The van der Waals surface area contributed by atoms with Crippen molar-refractivity contribution in [1.82, 2.24) is 9.38 Å². The molecule has 0 atom stereocenters. The minimum absolute atomic E-state index is 0.517. The van der Waals surface area contributed by atoms with Gasteiger partial charge in [0.2, 0.25) is 0 Å². The number of imidazole rings is 1. The second kappa shape index (κ2) is 6.37. The Bertz CT molecular complexity index is 1050. The van der Waals surface area contributed by atoms with Crippen molar-refractivity contribution < 1.29 is 4.42 Å². The van der Waals surface area contributed by atoms with Gasteiger partial charge in [-0.3, -0.25) is 4.40 Å². The van der Waals surface area contributed by atoms with E-state index in [1.165, 1.54) is 5.56 Å². The molecule has 0 spiro atoms. The topological polar surface area (TPSA) is 42.5 Å². The molecule has 4 heteroatoms. The number of hydrogen-bond donors (Lipinski definition) is 1. The highest BCUT2D eigenvalue weighted by Gasteiger charge is 2.18. The molecule has 0 radical (unpaired) electrons. The standard InChI is InChI=1S/C22H23N3O/c1-14(2)17-9-11-18(12-10-17)23-22-21(19-13-8-16(4)26-19)24-20-7-5-6-15(3)25(20)22/h5-14,23H,1-4H3. The summed E-state index contributed by atoms with van der Waals surface area (Å²) in [5, 5.41) is 3.55. The first kappa shape index (κ1) is 16.5. The molecule has 0 bridgehead atoms. The van der Waals surface area contributed by atoms with E-state index in [1.54, 1.807) is 0 Å². The summed E-state index contributed by atoms with van der Waals surface area (Å²) in [4.78, 5) is 4.81. The van der Waals surface area contributed by atoms with Gasteiger partial charge in [0.05, 0.1) is 0 Å². The molecule has 0 aliphatic carbocycles. The number of aryl methyl sites for hydroxylation is 2. The lowest BCUT2D eigenvalue weighted by molar-refractivity contribution is 0.547. The van der Waals surface area contributed by atoms with Gasteiger partial charge in [0.25, 0.3) is 0 Å². The van der Waals surface area contributed by atoms with Crippen LogP contribution in [0.1, 0.15) is 36.8 Å². The zero-order chi connectivity index (χ0) is 18.3. The normalized spacial score (nSPS) is 11.4. The van der Waals surface area contributed by atoms with Gasteiger partial charge in [-0.1, -0.05) is 32.0 Å². The Labute approximate surface area is 153 Å². The molecule has 0 aliphatic rings. The molecule has 0 saturated heterocycles. The molecule has 0 unspecified atom stereocenters. The van der Waals surface area contributed by atoms with Gasteiger partial charge >= 0.3 is 0 Å². The number of furan rings is 1. The van der Waals surface area contributed by atoms with Gasteiger partial charge in [-0.05, 0) is 61.7 Å². The third-order valence-corrected chi connectivity index (χ3v) is 4.65. The SMILES string of the molecule is Cc1ccc(-c2nc3cccc(C)n3c2Nc2ccc(C(C)C)cc2)o1. The van der Waals surface area contributed by atoms with Crippen molar-refractivity contribution in [2.75, 3.05) is 5.32 Å². The van der Waals surface area contributed by atoms with Crippen LogP contribution in [0.2, 0.25) is 0 Å². The molecular weight excluding hydrogens is 322 g/mol. The molecule has 3 heterocycles. The van der Waals surface area contributed by atoms with E-state index in [-0.39, 0.29) is 0 Å². The maximum atomic E-state index is 5.85. The Morgan fingerprint density at radius 3 is 2.38 bits per heavy atom. The number of aromatic nitrogens is 2. The molecule has 0 saturated carbocycles. The first-order valence-electron chi connectivity index (χ1n) is 8.95. The van der Waals surface area contributed by atoms with Gasteiger partial charge in [0, 0.05) is 11.4 Å². The predicted octanol–water partition coefficient (Wildman–Crippen LogP) is 6.08. The molecule has 4 aromatic rings. The highest BCUT2D eigenvalue weighted by molar-refractivity contribution is 5.77. The number of benzene rings is 1. The predicted molar refractivity (Wildman–Crippen MR) is 106 cm³/mol. The summed E-state index contributed by atoms with van der Waals surface area (Å²) in [6.45, 7) is 8.43. The minimum Gasteiger partial charge on any atom is -0.460 e. The second-order valence-corrected chi connectivity index (χ2v) is 6.98. The number of anilines is 2. The van der Waals surface area contributed by atoms with Gasteiger partial charge < -0.3 is 9.73 Å². The number of nitrogens with one attached hydrogen (secondary N) is 1. The van der Waals surface area contributed by atoms with E-state index in [1.807, 2.05) is 31.2 Å². The Morgan fingerprint density at radius 1 is 0.962 bits per heavy atom. The summed E-state index contributed by atoms with van der Waals surface area (Å²) in [6, 6.07) is 18.6. The molecule has 0 amide bonds. The maximum absolute atomic E-state index is 5.85. The van der Waals surface area contributed by atoms with Crippen LogP contribution in [0, 0.1) is 13.8 Å². The third-order valence-electron chi connectivity index (χ3n) is 4.65. The number of nitrogens with zero attached hydrogens (tertiary/aromatic N) is 2. The van der Waals surface area contributed by atoms with Crippen molar-refractivity contribution >= 4 is 17.2 Å². The highest BCUT2D eigenvalue weighted by Crippen LogP contribution is 2.33. The summed E-state index contributed by atoms with van der Waals surface area (Å²) in [5.41, 5.74) is 5.19. The van der Waals surface area contributed by atoms with Crippen LogP contribution in [-0.2, 0) is 0 Å². The van der Waals surface area contributed by atoms with Crippen LogP contribution >= 0.6 is 0 Å². The minimum atomic E-state index is 0.517. The monoisotopic (exact) mass is 345 g/mol. The van der Waals surface area contributed by atoms with Gasteiger partial charge in [0.15, 0.2) is 5.76 Å². The van der Waals surface area contributed by atoms with E-state index in [0.717, 1.165) is 40.1 Å². The van der Waals surface area contributed by atoms with Crippen molar-refractivity contribution in [3.63, 3.8) is 0 Å². The molecule has 3 aromatic heterocycles. The molecule has 4 nitrogen and oxygen atoms in total. The van der Waals surface area contributed by atoms with Crippen LogP contribution in [-0.4, -0.2) is 9.38 Å². The van der Waals surface area contributed by atoms with E-state index in [0.29, 0.717) is 5.92 Å². The van der Waals surface area contributed by atoms with Crippen LogP contribution in [0.3, 0.4) is 0 Å². The molecule has 132 valence electrons. The molecule has 1 aromatic carbocycles. The summed E-state index contributed by atoms with van der Waals surface area (Å²) in [7, 11) is 0. The second-order valence-electron chi connectivity index (χ2n) is 6.98. The van der Waals surface area contributed by atoms with Gasteiger partial charge in [0.1, 0.15) is 22.9 Å². The summed E-state index contributed by atoms with van der Waals surface area (Å²) in [6.07, 6.45) is 0. The van der Waals surface area contributed by atoms with Crippen molar-refractivity contribution in [1.29, 1.82) is 0 Å². The van der Waals surface area contributed by atoms with E-state index in [2.05, 4.69) is 60.8 Å². The molecule has 4 rings (SSSR count). The quantitative estimate of drug-likeness (QED) is 0.487. The molecule has 26 heavy (non-hydrogen) atoms.